The molecule has 0 aliphatic carbocycles. The summed E-state index contributed by atoms with van der Waals surface area (Å²) in [5.41, 5.74) is 9.71. The Balaban J connectivity index is -0.00000332. The molecule has 0 aliphatic heterocycles. The van der Waals surface area contributed by atoms with E-state index in [2.05, 4.69) is 52.6 Å². The average molecular weight is 1140 g/mol. The molecule has 0 spiro atoms. The van der Waals surface area contributed by atoms with E-state index >= 15 is 0 Å². The SMILES string of the molecule is C=C[SiH](C)O.C=C[SiH](C)O.C=C[Si](C)(C)O[Si](C)(C)O[Si](C)(C)O[Si](C)(C)O[Si](C)(C)O[Si](C)(C)O[Si](C)(C)O[Si](C)(C=C)O[Si](C)(C=C)O[Si](C)(C=C)O[Si](C)(O)CCC(F)(F)F. The first-order valence-corrected chi connectivity index (χ1v) is 55.3. The minimum atomic E-state index is -4.43. The molecule has 0 rings (SSSR count). The fourth-order valence-corrected chi connectivity index (χ4v) is 57.2. The summed E-state index contributed by atoms with van der Waals surface area (Å²) in [7, 11) is -35.5. The third-order valence-electron chi connectivity index (χ3n) is 7.81. The van der Waals surface area contributed by atoms with E-state index in [0.29, 0.717) is 0 Å². The van der Waals surface area contributed by atoms with Crippen molar-refractivity contribution in [3.63, 3.8) is 0 Å². The number of rotatable bonds is 28. The van der Waals surface area contributed by atoms with Gasteiger partial charge in [-0.05, 0) is 137 Å². The van der Waals surface area contributed by atoms with E-state index in [-0.39, 0.29) is 0 Å². The zero-order valence-corrected chi connectivity index (χ0v) is 56.1. The van der Waals surface area contributed by atoms with Crippen LogP contribution >= 0.6 is 0 Å². The average Bonchev–Trinajstić information content (AvgIpc) is 3.03. The first-order valence-electron chi connectivity index (χ1n) is 21.0. The molecule has 0 heterocycles. The van der Waals surface area contributed by atoms with Crippen LogP contribution in [0.25, 0.3) is 0 Å². The van der Waals surface area contributed by atoms with Crippen LogP contribution in [0.5, 0.6) is 0 Å². The van der Waals surface area contributed by atoms with Crippen LogP contribution in [0, 0.1) is 0 Å². The Hall–Kier alpha value is 0.529. The lowest BCUT2D eigenvalue weighted by molar-refractivity contribution is -0.131. The number of halogens is 3. The zero-order valence-electron chi connectivity index (χ0n) is 42.8. The molecule has 0 aromatic heterocycles. The van der Waals surface area contributed by atoms with Crippen molar-refractivity contribution in [2.75, 3.05) is 0 Å². The zero-order chi connectivity index (χ0) is 51.9. The van der Waals surface area contributed by atoms with Gasteiger partial charge >= 0.3 is 91.8 Å². The summed E-state index contributed by atoms with van der Waals surface area (Å²) in [4.78, 5) is 27.6. The molecule has 29 heteroatoms. The fourth-order valence-electron chi connectivity index (χ4n) is 6.23. The summed E-state index contributed by atoms with van der Waals surface area (Å²) in [5.74, 6) is 0. The Morgan fingerprint density at radius 3 is 0.891 bits per heavy atom. The van der Waals surface area contributed by atoms with Crippen LogP contribution in [-0.2, 0) is 41.2 Å². The molecular formula is C35H87F3O13Si13. The van der Waals surface area contributed by atoms with Gasteiger partial charge in [-0.15, -0.1) is 39.5 Å². The largest absolute Gasteiger partial charge is 0.433 e. The van der Waals surface area contributed by atoms with Crippen LogP contribution in [-0.4, -0.2) is 133 Å². The molecule has 13 nitrogen and oxygen atoms in total. The molecule has 6 unspecified atom stereocenters. The second-order valence-electron chi connectivity index (χ2n) is 19.1. The lowest BCUT2D eigenvalue weighted by Crippen LogP contribution is -2.63. The maximum atomic E-state index is 12.9. The van der Waals surface area contributed by atoms with Crippen LogP contribution in [0.4, 0.5) is 13.2 Å². The van der Waals surface area contributed by atoms with Crippen LogP contribution in [0.2, 0.25) is 137 Å². The molecule has 0 aromatic carbocycles. The van der Waals surface area contributed by atoms with Gasteiger partial charge < -0.3 is 55.5 Å². The first-order chi connectivity index (χ1) is 28.1. The monoisotopic (exact) mass is 1140 g/mol. The fraction of sp³-hybridized carbons (Fsp3) is 0.657. The van der Waals surface area contributed by atoms with E-state index in [1.807, 2.05) is 90.8 Å². The van der Waals surface area contributed by atoms with Crippen molar-refractivity contribution in [2.24, 2.45) is 0 Å². The van der Waals surface area contributed by atoms with E-state index in [4.69, 9.17) is 50.7 Å². The lowest BCUT2D eigenvalue weighted by Gasteiger charge is -2.45. The third-order valence-corrected chi connectivity index (χ3v) is 50.7. The molecule has 6 atom stereocenters. The minimum Gasteiger partial charge on any atom is -0.433 e. The van der Waals surface area contributed by atoms with Crippen LogP contribution in [0.15, 0.2) is 73.7 Å². The minimum absolute atomic E-state index is 0.540. The van der Waals surface area contributed by atoms with Gasteiger partial charge in [-0.3, -0.25) is 0 Å². The van der Waals surface area contributed by atoms with Crippen LogP contribution in [0.3, 0.4) is 0 Å². The smallest absolute Gasteiger partial charge is 0.389 e. The molecule has 0 bridgehead atoms. The maximum absolute atomic E-state index is 12.9. The highest BCUT2D eigenvalue weighted by molar-refractivity contribution is 6.96. The first kappa shape index (κ1) is 68.8. The Morgan fingerprint density at radius 2 is 0.656 bits per heavy atom. The van der Waals surface area contributed by atoms with Crippen molar-refractivity contribution in [1.29, 1.82) is 0 Å². The lowest BCUT2D eigenvalue weighted by atomic mass is 10.5. The normalized spacial score (nSPS) is 18.1. The standard InChI is InChI=1S/C29H71F3O11Si11.2C3H8OSi/c1-23-44(5,6)34-45(7,8)35-46(9,10)36-47(11,12)37-48(13,14)38-49(15,16)39-50(17,18)40-52(20,24-2)42-54(22,26-4)43-53(21,25-3)41-51(19,33)28-27-29(30,31)32;2*1-3-5(2)4/h23-26,33H,1-4,27-28H2,5-22H3;2*3-5H,1H2,2H3. The number of hydrogen-bond acceptors (Lipinski definition) is 13. The molecule has 378 valence electrons. The topological polar surface area (TPSA) is 153 Å². The van der Waals surface area contributed by atoms with Crippen molar-refractivity contribution in [3.05, 3.63) is 73.7 Å². The number of alkyl halides is 3. The van der Waals surface area contributed by atoms with Crippen molar-refractivity contribution >= 4 is 112 Å². The molecule has 0 saturated heterocycles. The van der Waals surface area contributed by atoms with Gasteiger partial charge in [-0.25, -0.2) is 0 Å². The summed E-state index contributed by atoms with van der Waals surface area (Å²) in [6, 6.07) is -0.540. The molecule has 3 N–H and O–H groups in total. The number of hydrogen-bond donors (Lipinski definition) is 3. The van der Waals surface area contributed by atoms with Gasteiger partial charge in [0, 0.05) is 6.42 Å². The molecular weight excluding hydrogens is 1050 g/mol. The molecule has 0 aliphatic rings. The van der Waals surface area contributed by atoms with Crippen LogP contribution in [0.1, 0.15) is 6.42 Å². The van der Waals surface area contributed by atoms with Crippen LogP contribution < -0.4 is 0 Å². The highest BCUT2D eigenvalue weighted by atomic mass is 28.5. The quantitative estimate of drug-likeness (QED) is 0.0638. The second-order valence-corrected chi connectivity index (χ2v) is 61.8. The Morgan fingerprint density at radius 1 is 0.422 bits per heavy atom. The molecule has 0 radical (unpaired) electrons. The molecule has 0 saturated carbocycles. The van der Waals surface area contributed by atoms with Gasteiger partial charge in [0.25, 0.3) is 0 Å². The van der Waals surface area contributed by atoms with E-state index in [1.165, 1.54) is 12.2 Å². The van der Waals surface area contributed by atoms with Gasteiger partial charge in [-0.1, -0.05) is 34.2 Å². The van der Waals surface area contributed by atoms with Gasteiger partial charge in [-0.2, -0.15) is 13.2 Å². The van der Waals surface area contributed by atoms with Gasteiger partial charge in [0.1, 0.15) is 0 Å². The van der Waals surface area contributed by atoms with Gasteiger partial charge in [0.15, 0.2) is 26.4 Å². The third kappa shape index (κ3) is 33.9. The second kappa shape index (κ2) is 26.7. The summed E-state index contributed by atoms with van der Waals surface area (Å²) in [6.45, 7) is 60.4. The van der Waals surface area contributed by atoms with Gasteiger partial charge in [0.05, 0.1) is 0 Å². The van der Waals surface area contributed by atoms with Crippen molar-refractivity contribution in [1.82, 2.24) is 0 Å². The van der Waals surface area contributed by atoms with E-state index < -0.39 is 131 Å². The Kier molecular flexibility index (Phi) is 28.7. The summed E-state index contributed by atoms with van der Waals surface area (Å²) in [6.07, 6.45) is -5.60. The van der Waals surface area contributed by atoms with Crippen molar-refractivity contribution in [2.45, 2.75) is 150 Å². The van der Waals surface area contributed by atoms with E-state index in [1.54, 1.807) is 49.0 Å². The highest BCUT2D eigenvalue weighted by Crippen LogP contribution is 2.33. The molecule has 0 fully saturated rings. The highest BCUT2D eigenvalue weighted by Gasteiger charge is 2.53. The molecule has 0 aromatic rings. The summed E-state index contributed by atoms with van der Waals surface area (Å²) in [5, 5.41) is 0. The molecule has 0 amide bonds. The predicted molar refractivity (Wildman–Crippen MR) is 289 cm³/mol. The summed E-state index contributed by atoms with van der Waals surface area (Å²) >= 11 is 0. The Labute approximate surface area is 401 Å². The summed E-state index contributed by atoms with van der Waals surface area (Å²) < 4.78 is 104. The van der Waals surface area contributed by atoms with Crippen molar-refractivity contribution < 1.29 is 68.7 Å². The maximum Gasteiger partial charge on any atom is 0.389 e. The molecule has 64 heavy (non-hydrogen) atoms. The van der Waals surface area contributed by atoms with E-state index in [0.717, 1.165) is 0 Å². The van der Waals surface area contributed by atoms with Gasteiger partial charge in [0.2, 0.25) is 0 Å². The van der Waals surface area contributed by atoms with Crippen molar-refractivity contribution in [3.8, 4) is 0 Å². The Bertz CT molecular complexity index is 1490. The van der Waals surface area contributed by atoms with E-state index in [9.17, 15) is 18.0 Å². The predicted octanol–water partition coefficient (Wildman–Crippen LogP) is 9.82.